The topological polar surface area (TPSA) is 108 Å². The maximum Gasteiger partial charge on any atom is 0.408 e. The first-order chi connectivity index (χ1) is 16.4. The normalized spacial score (nSPS) is 14.0. The summed E-state index contributed by atoms with van der Waals surface area (Å²) in [5.74, 6) is -0.964. The fraction of sp³-hybridized carbons (Fsp3) is 0.667. The fourth-order valence-corrected chi connectivity index (χ4v) is 3.94. The van der Waals surface area contributed by atoms with Crippen LogP contribution in [0.1, 0.15) is 83.5 Å². The summed E-state index contributed by atoms with van der Waals surface area (Å²) < 4.78 is 5.40. The second-order valence-electron chi connectivity index (χ2n) is 10.1. The minimum Gasteiger partial charge on any atom is -0.444 e. The SMILES string of the molecule is CCCCNC(=O)C(c1c(C)cccc1C)N(CCO)C(=O)C(NC(=O)OC(C)(C)C)C(C)CC. The van der Waals surface area contributed by atoms with Crippen molar-refractivity contribution in [3.05, 3.63) is 34.9 Å². The van der Waals surface area contributed by atoms with Crippen molar-refractivity contribution in [1.82, 2.24) is 15.5 Å². The molecule has 0 radical (unpaired) electrons. The summed E-state index contributed by atoms with van der Waals surface area (Å²) in [7, 11) is 0. The standard InChI is InChI=1S/C27H45N3O5/c1-9-11-15-28-24(32)23(21-19(4)13-12-14-20(21)5)30(16-17-31)25(33)22(18(3)10-2)29-26(34)35-27(6,7)8/h12-14,18,22-23,31H,9-11,15-17H2,1-8H3,(H,28,32)(H,29,34). The molecule has 3 unspecified atom stereocenters. The lowest BCUT2D eigenvalue weighted by Crippen LogP contribution is -2.56. The first-order valence-corrected chi connectivity index (χ1v) is 12.6. The Hall–Kier alpha value is -2.61. The van der Waals surface area contributed by atoms with Crippen molar-refractivity contribution in [1.29, 1.82) is 0 Å². The molecular formula is C27H45N3O5. The average molecular weight is 492 g/mol. The predicted molar refractivity (Wildman–Crippen MR) is 138 cm³/mol. The van der Waals surface area contributed by atoms with Gasteiger partial charge in [0.25, 0.3) is 0 Å². The largest absolute Gasteiger partial charge is 0.444 e. The highest BCUT2D eigenvalue weighted by atomic mass is 16.6. The number of ether oxygens (including phenoxy) is 1. The third kappa shape index (κ3) is 9.17. The van der Waals surface area contributed by atoms with Crippen LogP contribution in [-0.2, 0) is 14.3 Å². The van der Waals surface area contributed by atoms with Gasteiger partial charge in [0.2, 0.25) is 11.8 Å². The number of nitrogens with one attached hydrogen (secondary N) is 2. The van der Waals surface area contributed by atoms with E-state index in [1.54, 1.807) is 20.8 Å². The molecule has 0 aliphatic heterocycles. The lowest BCUT2D eigenvalue weighted by atomic mass is 9.92. The van der Waals surface area contributed by atoms with Crippen molar-refractivity contribution in [2.24, 2.45) is 5.92 Å². The van der Waals surface area contributed by atoms with Crippen LogP contribution < -0.4 is 10.6 Å². The van der Waals surface area contributed by atoms with Gasteiger partial charge in [-0.25, -0.2) is 4.79 Å². The van der Waals surface area contributed by atoms with Crippen LogP contribution in [0.3, 0.4) is 0 Å². The van der Waals surface area contributed by atoms with E-state index < -0.39 is 29.7 Å². The number of aliphatic hydroxyl groups is 1. The first kappa shape index (κ1) is 30.4. The Morgan fingerprint density at radius 1 is 1.11 bits per heavy atom. The van der Waals surface area contributed by atoms with Gasteiger partial charge in [-0.05, 0) is 63.6 Å². The molecule has 198 valence electrons. The Bertz CT molecular complexity index is 829. The summed E-state index contributed by atoms with van der Waals surface area (Å²) in [6, 6.07) is 3.85. The van der Waals surface area contributed by atoms with Crippen LogP contribution >= 0.6 is 0 Å². The van der Waals surface area contributed by atoms with Crippen LogP contribution in [0.25, 0.3) is 0 Å². The van der Waals surface area contributed by atoms with Gasteiger partial charge in [-0.1, -0.05) is 51.8 Å². The number of hydrogen-bond acceptors (Lipinski definition) is 5. The predicted octanol–water partition coefficient (Wildman–Crippen LogP) is 4.02. The zero-order valence-corrected chi connectivity index (χ0v) is 22.7. The number of benzene rings is 1. The van der Waals surface area contributed by atoms with Crippen LogP contribution in [0.15, 0.2) is 18.2 Å². The number of carbonyl (C=O) groups is 3. The van der Waals surface area contributed by atoms with Gasteiger partial charge < -0.3 is 25.4 Å². The number of rotatable bonds is 12. The third-order valence-corrected chi connectivity index (χ3v) is 5.98. The van der Waals surface area contributed by atoms with Gasteiger partial charge >= 0.3 is 6.09 Å². The highest BCUT2D eigenvalue weighted by Gasteiger charge is 2.38. The number of aryl methyl sites for hydroxylation is 2. The highest BCUT2D eigenvalue weighted by molar-refractivity contribution is 5.92. The maximum atomic E-state index is 14.0. The molecule has 0 heterocycles. The maximum absolute atomic E-state index is 14.0. The van der Waals surface area contributed by atoms with Gasteiger partial charge in [0.05, 0.1) is 6.61 Å². The van der Waals surface area contributed by atoms with Crippen molar-refractivity contribution in [2.75, 3.05) is 19.7 Å². The van der Waals surface area contributed by atoms with Crippen LogP contribution in [0.4, 0.5) is 4.79 Å². The Balaban J connectivity index is 3.51. The quantitative estimate of drug-likeness (QED) is 0.383. The van der Waals surface area contributed by atoms with E-state index in [4.69, 9.17) is 4.74 Å². The van der Waals surface area contributed by atoms with Crippen LogP contribution in [-0.4, -0.2) is 59.3 Å². The second-order valence-corrected chi connectivity index (χ2v) is 10.1. The molecule has 1 rings (SSSR count). The van der Waals surface area contributed by atoms with E-state index in [0.717, 1.165) is 29.5 Å². The number of aliphatic hydroxyl groups excluding tert-OH is 1. The summed E-state index contributed by atoms with van der Waals surface area (Å²) in [5, 5.41) is 15.6. The summed E-state index contributed by atoms with van der Waals surface area (Å²) >= 11 is 0. The molecule has 0 fully saturated rings. The first-order valence-electron chi connectivity index (χ1n) is 12.6. The molecule has 3 N–H and O–H groups in total. The lowest BCUT2D eigenvalue weighted by molar-refractivity contribution is -0.144. The number of nitrogens with zero attached hydrogens (tertiary/aromatic N) is 1. The van der Waals surface area contributed by atoms with E-state index >= 15 is 0 Å². The molecule has 0 aromatic heterocycles. The smallest absolute Gasteiger partial charge is 0.408 e. The summed E-state index contributed by atoms with van der Waals surface area (Å²) in [6.45, 7) is 15.0. The molecule has 0 bridgehead atoms. The molecule has 0 spiro atoms. The molecule has 0 saturated heterocycles. The number of carbonyl (C=O) groups excluding carboxylic acids is 3. The van der Waals surface area contributed by atoms with E-state index in [2.05, 4.69) is 10.6 Å². The van der Waals surface area contributed by atoms with E-state index in [0.29, 0.717) is 13.0 Å². The summed E-state index contributed by atoms with van der Waals surface area (Å²) in [5.41, 5.74) is 1.74. The van der Waals surface area contributed by atoms with Crippen molar-refractivity contribution in [3.63, 3.8) is 0 Å². The third-order valence-electron chi connectivity index (χ3n) is 5.98. The van der Waals surface area contributed by atoms with E-state index in [1.807, 2.05) is 52.8 Å². The fourth-order valence-electron chi connectivity index (χ4n) is 3.94. The van der Waals surface area contributed by atoms with Gasteiger partial charge in [0.15, 0.2) is 0 Å². The Morgan fingerprint density at radius 2 is 1.71 bits per heavy atom. The molecule has 1 aromatic carbocycles. The molecule has 3 amide bonds. The van der Waals surface area contributed by atoms with Gasteiger partial charge in [-0.15, -0.1) is 0 Å². The molecule has 8 nitrogen and oxygen atoms in total. The molecule has 0 aliphatic rings. The lowest BCUT2D eigenvalue weighted by Gasteiger charge is -2.36. The van der Waals surface area contributed by atoms with E-state index in [-0.39, 0.29) is 25.0 Å². The average Bonchev–Trinajstić information content (AvgIpc) is 2.76. The number of hydrogen-bond donors (Lipinski definition) is 3. The monoisotopic (exact) mass is 491 g/mol. The Labute approximate surface area is 210 Å². The van der Waals surface area contributed by atoms with Crippen molar-refractivity contribution in [3.8, 4) is 0 Å². The number of unbranched alkanes of at least 4 members (excludes halogenated alkanes) is 1. The summed E-state index contributed by atoms with van der Waals surface area (Å²) in [6.07, 6.45) is 1.66. The summed E-state index contributed by atoms with van der Waals surface area (Å²) in [4.78, 5) is 41.5. The number of amides is 3. The molecule has 8 heteroatoms. The molecule has 3 atom stereocenters. The molecule has 1 aromatic rings. The van der Waals surface area contributed by atoms with E-state index in [1.165, 1.54) is 4.90 Å². The van der Waals surface area contributed by atoms with Gasteiger partial charge in [-0.2, -0.15) is 0 Å². The van der Waals surface area contributed by atoms with E-state index in [9.17, 15) is 19.5 Å². The zero-order valence-electron chi connectivity index (χ0n) is 22.7. The van der Waals surface area contributed by atoms with Crippen LogP contribution in [0, 0.1) is 19.8 Å². The molecular weight excluding hydrogens is 446 g/mol. The van der Waals surface area contributed by atoms with Crippen molar-refractivity contribution >= 4 is 17.9 Å². The molecule has 0 aliphatic carbocycles. The van der Waals surface area contributed by atoms with Crippen molar-refractivity contribution < 1.29 is 24.2 Å². The zero-order chi connectivity index (χ0) is 26.8. The van der Waals surface area contributed by atoms with Crippen molar-refractivity contribution in [2.45, 2.75) is 92.3 Å². The van der Waals surface area contributed by atoms with Gasteiger partial charge in [0, 0.05) is 13.1 Å². The Kier molecular flexibility index (Phi) is 12.2. The van der Waals surface area contributed by atoms with Gasteiger partial charge in [0.1, 0.15) is 17.7 Å². The number of alkyl carbamates (subject to hydrolysis) is 1. The van der Waals surface area contributed by atoms with Gasteiger partial charge in [-0.3, -0.25) is 9.59 Å². The molecule has 0 saturated carbocycles. The molecule has 35 heavy (non-hydrogen) atoms. The van der Waals surface area contributed by atoms with Crippen LogP contribution in [0.2, 0.25) is 0 Å². The Morgan fingerprint density at radius 3 is 2.20 bits per heavy atom. The highest BCUT2D eigenvalue weighted by Crippen LogP contribution is 2.29. The van der Waals surface area contributed by atoms with Crippen LogP contribution in [0.5, 0.6) is 0 Å². The second kappa shape index (κ2) is 14.1. The minimum atomic E-state index is -0.945. The minimum absolute atomic E-state index is 0.0542.